The van der Waals surface area contributed by atoms with E-state index in [0.29, 0.717) is 22.0 Å². The molecule has 0 saturated heterocycles. The summed E-state index contributed by atoms with van der Waals surface area (Å²) in [6.45, 7) is 0. The Hall–Kier alpha value is -2.90. The van der Waals surface area contributed by atoms with Crippen molar-refractivity contribution in [2.45, 2.75) is 0 Å². The largest absolute Gasteiger partial charge is 0.497 e. The number of ether oxygens (including phenoxy) is 1. The number of nitriles is 1. The highest BCUT2D eigenvalue weighted by atomic mass is 35.5. The van der Waals surface area contributed by atoms with Crippen molar-refractivity contribution in [2.24, 2.45) is 0 Å². The molecule has 23 heavy (non-hydrogen) atoms. The fraction of sp³-hybridized carbons (Fsp3) is 0.0556. The molecule has 5 heteroatoms. The van der Waals surface area contributed by atoms with E-state index in [4.69, 9.17) is 16.3 Å². The molecule has 2 aromatic heterocycles. The first-order valence-electron chi connectivity index (χ1n) is 6.89. The first kappa shape index (κ1) is 15.0. The fourth-order valence-corrected chi connectivity index (χ4v) is 2.42. The molecule has 4 nitrogen and oxygen atoms in total. The molecule has 0 N–H and O–H groups in total. The van der Waals surface area contributed by atoms with Crippen molar-refractivity contribution >= 4 is 34.2 Å². The Bertz CT molecular complexity index is 930. The van der Waals surface area contributed by atoms with Gasteiger partial charge in [-0.05, 0) is 42.5 Å². The molecule has 112 valence electrons. The maximum atomic E-state index is 9.39. The highest BCUT2D eigenvalue weighted by Crippen LogP contribution is 2.27. The van der Waals surface area contributed by atoms with Gasteiger partial charge in [-0.2, -0.15) is 5.26 Å². The van der Waals surface area contributed by atoms with Crippen LogP contribution >= 0.6 is 11.6 Å². The van der Waals surface area contributed by atoms with Gasteiger partial charge in [-0.25, -0.2) is 4.98 Å². The van der Waals surface area contributed by atoms with Crippen molar-refractivity contribution in [1.82, 2.24) is 9.97 Å². The molecule has 0 fully saturated rings. The van der Waals surface area contributed by atoms with Gasteiger partial charge in [0.1, 0.15) is 17.0 Å². The zero-order valence-electron chi connectivity index (χ0n) is 12.3. The third-order valence-corrected chi connectivity index (χ3v) is 3.67. The van der Waals surface area contributed by atoms with Crippen LogP contribution in [-0.2, 0) is 0 Å². The van der Waals surface area contributed by atoms with Gasteiger partial charge in [-0.3, -0.25) is 4.98 Å². The van der Waals surface area contributed by atoms with Crippen LogP contribution in [0.4, 0.5) is 0 Å². The number of fused-ring (bicyclic) bond motifs is 1. The number of benzene rings is 1. The molecule has 0 saturated carbocycles. The minimum absolute atomic E-state index is 0.339. The topological polar surface area (TPSA) is 58.8 Å². The molecule has 0 aliphatic heterocycles. The van der Waals surface area contributed by atoms with Crippen LogP contribution in [0.25, 0.3) is 22.6 Å². The average Bonchev–Trinajstić information content (AvgIpc) is 2.60. The normalized spacial score (nSPS) is 11.3. The molecule has 1 aromatic carbocycles. The molecular weight excluding hydrogens is 310 g/mol. The van der Waals surface area contributed by atoms with Crippen LogP contribution in [0, 0.1) is 11.3 Å². The van der Waals surface area contributed by atoms with Gasteiger partial charge in [0.25, 0.3) is 0 Å². The monoisotopic (exact) mass is 321 g/mol. The van der Waals surface area contributed by atoms with Gasteiger partial charge in [0.2, 0.25) is 0 Å². The summed E-state index contributed by atoms with van der Waals surface area (Å²) in [5, 5.41) is 10.6. The van der Waals surface area contributed by atoms with E-state index in [1.165, 1.54) is 0 Å². The Kier molecular flexibility index (Phi) is 4.22. The fourth-order valence-electron chi connectivity index (χ4n) is 2.22. The summed E-state index contributed by atoms with van der Waals surface area (Å²) in [6.07, 6.45) is 3.34. The number of aromatic nitrogens is 2. The van der Waals surface area contributed by atoms with Gasteiger partial charge in [0.05, 0.1) is 23.9 Å². The maximum Gasteiger partial charge on any atom is 0.137 e. The van der Waals surface area contributed by atoms with Crippen LogP contribution in [0.1, 0.15) is 11.3 Å². The first-order valence-corrected chi connectivity index (χ1v) is 7.26. The second kappa shape index (κ2) is 6.47. The first-order chi connectivity index (χ1) is 11.2. The number of rotatable bonds is 3. The van der Waals surface area contributed by atoms with Gasteiger partial charge in [0, 0.05) is 17.1 Å². The highest BCUT2D eigenvalue weighted by molar-refractivity contribution is 6.31. The Morgan fingerprint density at radius 3 is 2.83 bits per heavy atom. The van der Waals surface area contributed by atoms with E-state index in [0.717, 1.165) is 16.7 Å². The Balaban J connectivity index is 2.13. The van der Waals surface area contributed by atoms with Crippen molar-refractivity contribution in [2.75, 3.05) is 7.11 Å². The summed E-state index contributed by atoms with van der Waals surface area (Å²) >= 11 is 6.25. The lowest BCUT2D eigenvalue weighted by molar-refractivity contribution is 0.415. The molecule has 3 aromatic rings. The number of halogens is 1. The van der Waals surface area contributed by atoms with E-state index in [2.05, 4.69) is 16.0 Å². The summed E-state index contributed by atoms with van der Waals surface area (Å²) < 4.78 is 5.23. The van der Waals surface area contributed by atoms with Crippen LogP contribution in [0.5, 0.6) is 5.75 Å². The second-order valence-corrected chi connectivity index (χ2v) is 5.17. The van der Waals surface area contributed by atoms with E-state index in [1.807, 2.05) is 30.3 Å². The highest BCUT2D eigenvalue weighted by Gasteiger charge is 2.08. The molecule has 0 bridgehead atoms. The van der Waals surface area contributed by atoms with Crippen molar-refractivity contribution in [3.63, 3.8) is 0 Å². The third kappa shape index (κ3) is 3.15. The number of methoxy groups -OCH3 is 1. The van der Waals surface area contributed by atoms with Gasteiger partial charge in [-0.1, -0.05) is 17.7 Å². The molecule has 2 heterocycles. The lowest BCUT2D eigenvalue weighted by atomic mass is 10.1. The SMILES string of the molecule is COc1ccc2nc(Cl)c(/C=C(\C#N)c3ccccn3)cc2c1. The van der Waals surface area contributed by atoms with Crippen LogP contribution < -0.4 is 4.74 Å². The zero-order valence-corrected chi connectivity index (χ0v) is 13.1. The van der Waals surface area contributed by atoms with Crippen molar-refractivity contribution in [1.29, 1.82) is 5.26 Å². The Morgan fingerprint density at radius 1 is 1.26 bits per heavy atom. The number of allylic oxidation sites excluding steroid dienone is 1. The van der Waals surface area contributed by atoms with E-state index < -0.39 is 0 Å². The summed E-state index contributed by atoms with van der Waals surface area (Å²) in [6, 6.07) is 15.0. The summed E-state index contributed by atoms with van der Waals surface area (Å²) in [5.74, 6) is 0.738. The van der Waals surface area contributed by atoms with Gasteiger partial charge in [0.15, 0.2) is 0 Å². The van der Waals surface area contributed by atoms with Gasteiger partial charge >= 0.3 is 0 Å². The van der Waals surface area contributed by atoms with Crippen molar-refractivity contribution in [3.8, 4) is 11.8 Å². The van der Waals surface area contributed by atoms with Gasteiger partial charge < -0.3 is 4.74 Å². The minimum Gasteiger partial charge on any atom is -0.497 e. The second-order valence-electron chi connectivity index (χ2n) is 4.81. The summed E-state index contributed by atoms with van der Waals surface area (Å²) in [7, 11) is 1.61. The third-order valence-electron chi connectivity index (χ3n) is 3.36. The van der Waals surface area contributed by atoms with Gasteiger partial charge in [-0.15, -0.1) is 0 Å². The summed E-state index contributed by atoms with van der Waals surface area (Å²) in [5.41, 5.74) is 2.45. The lowest BCUT2D eigenvalue weighted by Gasteiger charge is -2.05. The van der Waals surface area contributed by atoms with Crippen molar-refractivity contribution < 1.29 is 4.74 Å². The Labute approximate surface area is 138 Å². The molecular formula is C18H12ClN3O. The predicted molar refractivity (Wildman–Crippen MR) is 91.0 cm³/mol. The molecule has 0 aliphatic carbocycles. The maximum absolute atomic E-state index is 9.39. The molecule has 0 radical (unpaired) electrons. The molecule has 0 atom stereocenters. The van der Waals surface area contributed by atoms with Crippen LogP contribution in [-0.4, -0.2) is 17.1 Å². The standard InChI is InChI=1S/C18H12ClN3O/c1-23-15-5-6-17-12(10-15)8-13(18(19)22-17)9-14(11-20)16-4-2-3-7-21-16/h2-10H,1H3/b14-9+. The number of pyridine rings is 2. The number of hydrogen-bond donors (Lipinski definition) is 0. The van der Waals surface area contributed by atoms with Crippen LogP contribution in [0.3, 0.4) is 0 Å². The van der Waals surface area contributed by atoms with E-state index in [1.54, 1.807) is 31.5 Å². The molecule has 3 rings (SSSR count). The Morgan fingerprint density at radius 2 is 2.13 bits per heavy atom. The summed E-state index contributed by atoms with van der Waals surface area (Å²) in [4.78, 5) is 8.56. The van der Waals surface area contributed by atoms with Crippen molar-refractivity contribution in [3.05, 3.63) is 65.1 Å². The molecule has 0 amide bonds. The van der Waals surface area contributed by atoms with E-state index >= 15 is 0 Å². The zero-order chi connectivity index (χ0) is 16.2. The van der Waals surface area contributed by atoms with Crippen LogP contribution in [0.15, 0.2) is 48.7 Å². The molecule has 0 spiro atoms. The quantitative estimate of drug-likeness (QED) is 0.531. The van der Waals surface area contributed by atoms with Crippen LogP contribution in [0.2, 0.25) is 5.15 Å². The minimum atomic E-state index is 0.339. The predicted octanol–water partition coefficient (Wildman–Crippen LogP) is 4.36. The lowest BCUT2D eigenvalue weighted by Crippen LogP contribution is -1.89. The smallest absolute Gasteiger partial charge is 0.137 e. The molecule has 0 unspecified atom stereocenters. The average molecular weight is 322 g/mol. The number of hydrogen-bond acceptors (Lipinski definition) is 4. The van der Waals surface area contributed by atoms with E-state index in [9.17, 15) is 5.26 Å². The van der Waals surface area contributed by atoms with E-state index in [-0.39, 0.29) is 0 Å². The molecule has 0 aliphatic rings. The number of nitrogens with zero attached hydrogens (tertiary/aromatic N) is 3.